The van der Waals surface area contributed by atoms with Crippen LogP contribution >= 0.6 is 11.8 Å². The van der Waals surface area contributed by atoms with Crippen molar-refractivity contribution in [2.24, 2.45) is 17.8 Å². The number of carbonyl (C=O) groups is 2. The lowest BCUT2D eigenvalue weighted by Gasteiger charge is -2.56. The van der Waals surface area contributed by atoms with Gasteiger partial charge in [-0.15, -0.1) is 16.8 Å². The minimum absolute atomic E-state index is 0.0773. The second kappa shape index (κ2) is 8.42. The number of thioether (sulfide) groups is 1. The van der Waals surface area contributed by atoms with Gasteiger partial charge in [-0.1, -0.05) is 17.8 Å². The Morgan fingerprint density at radius 3 is 2.53 bits per heavy atom. The summed E-state index contributed by atoms with van der Waals surface area (Å²) in [5.41, 5.74) is 0.735. The van der Waals surface area contributed by atoms with Gasteiger partial charge < -0.3 is 9.73 Å². The zero-order chi connectivity index (χ0) is 22.3. The molecule has 8 nitrogen and oxygen atoms in total. The maximum absolute atomic E-state index is 12.6. The van der Waals surface area contributed by atoms with Gasteiger partial charge in [0.15, 0.2) is 11.0 Å². The zero-order valence-electron chi connectivity index (χ0n) is 18.3. The molecule has 2 aromatic heterocycles. The number of urea groups is 1. The maximum Gasteiger partial charge on any atom is 0.321 e. The third-order valence-corrected chi connectivity index (χ3v) is 8.10. The Balaban J connectivity index is 1.18. The molecule has 32 heavy (non-hydrogen) atoms. The molecule has 9 heteroatoms. The molecule has 0 atom stereocenters. The third-order valence-electron chi connectivity index (χ3n) is 7.13. The van der Waals surface area contributed by atoms with Crippen molar-refractivity contribution < 1.29 is 14.0 Å². The number of aromatic nitrogens is 3. The van der Waals surface area contributed by atoms with E-state index < -0.39 is 0 Å². The van der Waals surface area contributed by atoms with Crippen LogP contribution in [0.15, 0.2) is 34.6 Å². The summed E-state index contributed by atoms with van der Waals surface area (Å²) in [5, 5.41) is 14.8. The average Bonchev–Trinajstić information content (AvgIpc) is 3.30. The summed E-state index contributed by atoms with van der Waals surface area (Å²) >= 11 is 1.25. The molecule has 4 fully saturated rings. The van der Waals surface area contributed by atoms with E-state index in [2.05, 4.69) is 27.4 Å². The molecule has 4 bridgehead atoms. The van der Waals surface area contributed by atoms with Gasteiger partial charge in [-0.3, -0.25) is 14.7 Å². The van der Waals surface area contributed by atoms with E-state index in [0.717, 1.165) is 48.3 Å². The highest BCUT2D eigenvalue weighted by molar-refractivity contribution is 7.99. The average molecular weight is 456 g/mol. The minimum atomic E-state index is -0.375. The van der Waals surface area contributed by atoms with Crippen LogP contribution in [-0.2, 0) is 11.3 Å². The molecule has 2 heterocycles. The van der Waals surface area contributed by atoms with Gasteiger partial charge in [0, 0.05) is 12.1 Å². The molecule has 0 spiro atoms. The predicted molar refractivity (Wildman–Crippen MR) is 121 cm³/mol. The van der Waals surface area contributed by atoms with E-state index in [1.807, 2.05) is 17.6 Å². The molecule has 0 saturated heterocycles. The fourth-order valence-corrected chi connectivity index (χ4v) is 7.08. The molecule has 3 amide bonds. The lowest BCUT2D eigenvalue weighted by molar-refractivity contribution is -0.117. The number of nitrogens with one attached hydrogen (secondary N) is 2. The van der Waals surface area contributed by atoms with Crippen molar-refractivity contribution in [3.63, 3.8) is 0 Å². The summed E-state index contributed by atoms with van der Waals surface area (Å²) in [6, 6.07) is 1.47. The SMILES string of the molecule is C=CCn1c(SCC(=O)NC(=O)NC23CC4CC(CC(C4)C2)C3)nnc1-c1ccoc1C. The second-order valence-electron chi connectivity index (χ2n) is 9.58. The summed E-state index contributed by atoms with van der Waals surface area (Å²) in [5.74, 6) is 3.35. The van der Waals surface area contributed by atoms with Crippen LogP contribution in [-0.4, -0.2) is 38.0 Å². The van der Waals surface area contributed by atoms with Gasteiger partial charge in [0.1, 0.15) is 5.76 Å². The number of amides is 3. The highest BCUT2D eigenvalue weighted by Gasteiger charge is 2.51. The van der Waals surface area contributed by atoms with Gasteiger partial charge in [0.05, 0.1) is 17.6 Å². The van der Waals surface area contributed by atoms with Crippen molar-refractivity contribution in [2.75, 3.05) is 5.75 Å². The Hall–Kier alpha value is -2.55. The number of furan rings is 1. The first-order chi connectivity index (χ1) is 15.4. The number of carbonyl (C=O) groups excluding carboxylic acids is 2. The maximum atomic E-state index is 12.6. The first-order valence-corrected chi connectivity index (χ1v) is 12.3. The van der Waals surface area contributed by atoms with Gasteiger partial charge in [-0.25, -0.2) is 4.79 Å². The van der Waals surface area contributed by atoms with Crippen LogP contribution in [0.3, 0.4) is 0 Å². The first-order valence-electron chi connectivity index (χ1n) is 11.3. The molecule has 170 valence electrons. The Bertz CT molecular complexity index is 1010. The molecule has 4 saturated carbocycles. The van der Waals surface area contributed by atoms with Crippen LogP contribution in [0.4, 0.5) is 4.79 Å². The van der Waals surface area contributed by atoms with Gasteiger partial charge >= 0.3 is 6.03 Å². The molecule has 2 N–H and O–H groups in total. The standard InChI is InChI=1S/C23H29N5O3S/c1-3-5-28-20(18-4-6-31-14(18)2)26-27-22(28)32-13-19(29)24-21(30)25-23-10-15-7-16(11-23)9-17(8-15)12-23/h3-4,6,15-17H,1,5,7-13H2,2H3,(H2,24,25,29,30). The van der Waals surface area contributed by atoms with E-state index in [1.54, 1.807) is 12.3 Å². The fraction of sp³-hybridized carbons (Fsp3) is 0.565. The van der Waals surface area contributed by atoms with Gasteiger partial charge in [-0.2, -0.15) is 0 Å². The number of nitrogens with zero attached hydrogens (tertiary/aromatic N) is 3. The van der Waals surface area contributed by atoms with E-state index in [1.165, 1.54) is 31.0 Å². The number of hydrogen-bond acceptors (Lipinski definition) is 6. The Morgan fingerprint density at radius 2 is 1.94 bits per heavy atom. The summed E-state index contributed by atoms with van der Waals surface area (Å²) in [7, 11) is 0. The van der Waals surface area contributed by atoms with Crippen molar-refractivity contribution in [3.8, 4) is 11.4 Å². The van der Waals surface area contributed by atoms with E-state index in [-0.39, 0.29) is 23.2 Å². The largest absolute Gasteiger partial charge is 0.469 e. The lowest BCUT2D eigenvalue weighted by Crippen LogP contribution is -2.61. The molecular weight excluding hydrogens is 426 g/mol. The zero-order valence-corrected chi connectivity index (χ0v) is 19.1. The minimum Gasteiger partial charge on any atom is -0.469 e. The quantitative estimate of drug-likeness (QED) is 0.485. The summed E-state index contributed by atoms with van der Waals surface area (Å²) in [4.78, 5) is 25.1. The molecule has 0 aliphatic heterocycles. The fourth-order valence-electron chi connectivity index (χ4n) is 6.33. The Labute approximate surface area is 191 Å². The van der Waals surface area contributed by atoms with Gasteiger partial charge in [0.2, 0.25) is 5.91 Å². The number of aryl methyl sites for hydroxylation is 1. The Kier molecular flexibility index (Phi) is 5.61. The number of allylic oxidation sites excluding steroid dienone is 1. The first kappa shape index (κ1) is 21.3. The second-order valence-corrected chi connectivity index (χ2v) is 10.5. The highest BCUT2D eigenvalue weighted by atomic mass is 32.2. The van der Waals surface area contributed by atoms with Crippen LogP contribution in [0.5, 0.6) is 0 Å². The van der Waals surface area contributed by atoms with Crippen molar-refractivity contribution in [3.05, 3.63) is 30.7 Å². The normalized spacial score (nSPS) is 28.0. The molecular formula is C23H29N5O3S. The third kappa shape index (κ3) is 4.10. The highest BCUT2D eigenvalue weighted by Crippen LogP contribution is 2.55. The molecule has 0 radical (unpaired) electrons. The topological polar surface area (TPSA) is 102 Å². The summed E-state index contributed by atoms with van der Waals surface area (Å²) in [6.45, 7) is 6.17. The predicted octanol–water partition coefficient (Wildman–Crippen LogP) is 3.92. The van der Waals surface area contributed by atoms with Crippen molar-refractivity contribution in [2.45, 2.75) is 62.7 Å². The van der Waals surface area contributed by atoms with Gasteiger partial charge in [0.25, 0.3) is 0 Å². The number of hydrogen-bond donors (Lipinski definition) is 2. The molecule has 4 aliphatic rings. The number of rotatable bonds is 7. The van der Waals surface area contributed by atoms with E-state index in [4.69, 9.17) is 4.42 Å². The number of imide groups is 1. The molecule has 0 aromatic carbocycles. The van der Waals surface area contributed by atoms with Crippen LogP contribution in [0.1, 0.15) is 44.3 Å². The summed E-state index contributed by atoms with van der Waals surface area (Å²) < 4.78 is 7.27. The molecule has 2 aromatic rings. The van der Waals surface area contributed by atoms with Gasteiger partial charge in [-0.05, 0) is 69.3 Å². The van der Waals surface area contributed by atoms with E-state index in [0.29, 0.717) is 17.5 Å². The van der Waals surface area contributed by atoms with Crippen molar-refractivity contribution in [1.29, 1.82) is 0 Å². The molecule has 0 unspecified atom stereocenters. The van der Waals surface area contributed by atoms with Crippen molar-refractivity contribution >= 4 is 23.7 Å². The summed E-state index contributed by atoms with van der Waals surface area (Å²) in [6.07, 6.45) is 10.5. The monoisotopic (exact) mass is 455 g/mol. The van der Waals surface area contributed by atoms with Crippen molar-refractivity contribution in [1.82, 2.24) is 25.4 Å². The van der Waals surface area contributed by atoms with E-state index in [9.17, 15) is 9.59 Å². The van der Waals surface area contributed by atoms with Crippen LogP contribution in [0, 0.1) is 24.7 Å². The van der Waals surface area contributed by atoms with E-state index >= 15 is 0 Å². The smallest absolute Gasteiger partial charge is 0.321 e. The molecule has 4 aliphatic carbocycles. The van der Waals surface area contributed by atoms with Crippen LogP contribution in [0.2, 0.25) is 0 Å². The lowest BCUT2D eigenvalue weighted by atomic mass is 9.53. The Morgan fingerprint density at radius 1 is 1.25 bits per heavy atom. The van der Waals surface area contributed by atoms with Crippen LogP contribution in [0.25, 0.3) is 11.4 Å². The van der Waals surface area contributed by atoms with Crippen LogP contribution < -0.4 is 10.6 Å². The molecule has 6 rings (SSSR count).